The molecule has 9 rings (SSSR count). The van der Waals surface area contributed by atoms with Gasteiger partial charge in [-0.05, 0) is 127 Å². The number of sulfonamides is 1. The van der Waals surface area contributed by atoms with E-state index >= 15 is 0 Å². The topological polar surface area (TPSA) is 144 Å². The number of carbonyl (C=O) groups is 1. The first-order valence-electron chi connectivity index (χ1n) is 20.8. The predicted octanol–water partition coefficient (Wildman–Crippen LogP) is 8.72. The summed E-state index contributed by atoms with van der Waals surface area (Å²) in [4.78, 5) is 14.8. The standard InChI is InChI=1S/C18H14N4O5S.2C18H15P.Cu/c23-16-9-6-13(11-15(16)18(24)25)21-20-12-4-7-14(8-5-12)28(26,27)22-17-3-1-2-10-19-17;2*1-4-10-16(11-5-1)19(17-12-6-2-7-13-17)18-14-8-3-9-15-18;/h1-11,23H,(H,19,22)(H,24,25);2*1-15H;/q;;;+1/p+1. The van der Waals surface area contributed by atoms with Crippen LogP contribution in [0.5, 0.6) is 5.75 Å². The first-order valence-corrected chi connectivity index (χ1v) is 25.3. The van der Waals surface area contributed by atoms with E-state index in [9.17, 15) is 23.4 Å². The van der Waals surface area contributed by atoms with Gasteiger partial charge in [0, 0.05) is 11.8 Å². The SMILES string of the molecule is O=C([O-])c1cc(N=Nc2ccc(S(=O)(=O)Nc3ccccn3)cc2)ccc1O.[Cu+].c1ccc([PH+](c2ccccc2)c2ccccc2)cc1.c1ccc([PH+](c2ccccc2)c2ccccc2)cc1. The van der Waals surface area contributed by atoms with E-state index < -0.39 is 43.1 Å². The summed E-state index contributed by atoms with van der Waals surface area (Å²) in [6.07, 6.45) is 1.47. The van der Waals surface area contributed by atoms with Crippen LogP contribution >= 0.6 is 15.8 Å². The fourth-order valence-electron chi connectivity index (χ4n) is 6.81. The van der Waals surface area contributed by atoms with Gasteiger partial charge in [0.1, 0.15) is 43.4 Å². The van der Waals surface area contributed by atoms with Crippen LogP contribution in [0.15, 0.2) is 264 Å². The molecule has 1 heterocycles. The summed E-state index contributed by atoms with van der Waals surface area (Å²) in [5, 5.41) is 36.7. The molecule has 0 saturated carbocycles. The normalized spacial score (nSPS) is 10.8. The predicted molar refractivity (Wildman–Crippen MR) is 271 cm³/mol. The second kappa shape index (κ2) is 25.0. The molecule has 336 valence electrons. The summed E-state index contributed by atoms with van der Waals surface area (Å²) < 4.78 is 27.0. The molecule has 1 aromatic heterocycles. The van der Waals surface area contributed by atoms with Crippen molar-refractivity contribution in [1.29, 1.82) is 0 Å². The molecular weight excluding hydrogens is 942 g/mol. The van der Waals surface area contributed by atoms with Gasteiger partial charge >= 0.3 is 17.1 Å². The molecule has 0 bridgehead atoms. The molecule has 0 amide bonds. The van der Waals surface area contributed by atoms with Gasteiger partial charge in [0.15, 0.2) is 0 Å². The first-order chi connectivity index (χ1) is 32.2. The number of rotatable bonds is 12. The van der Waals surface area contributed by atoms with Crippen LogP contribution in [0, 0.1) is 0 Å². The van der Waals surface area contributed by atoms with Crippen molar-refractivity contribution in [1.82, 2.24) is 4.98 Å². The van der Waals surface area contributed by atoms with Crippen molar-refractivity contribution < 1.29 is 40.5 Å². The Hall–Kier alpha value is -7.09. The number of aromatic nitrogens is 1. The van der Waals surface area contributed by atoms with E-state index in [4.69, 9.17) is 0 Å². The zero-order valence-corrected chi connectivity index (χ0v) is 39.6. The van der Waals surface area contributed by atoms with E-state index in [1.54, 1.807) is 12.1 Å². The molecule has 13 heteroatoms. The molecule has 0 aliphatic carbocycles. The fraction of sp³-hybridized carbons (Fsp3) is 0. The minimum atomic E-state index is -3.80. The number of hydrogen-bond acceptors (Lipinski definition) is 8. The molecule has 9 nitrogen and oxygen atoms in total. The number of nitrogens with zero attached hydrogens (tertiary/aromatic N) is 3. The van der Waals surface area contributed by atoms with E-state index in [2.05, 4.69) is 202 Å². The first kappa shape index (κ1) is 49.3. The molecule has 0 aliphatic heterocycles. The number of aromatic carboxylic acids is 1. The van der Waals surface area contributed by atoms with Crippen molar-refractivity contribution in [3.05, 3.63) is 254 Å². The summed E-state index contributed by atoms with van der Waals surface area (Å²) in [5.41, 5.74) is 0.129. The molecule has 0 atom stereocenters. The van der Waals surface area contributed by atoms with Crippen molar-refractivity contribution in [2.45, 2.75) is 4.90 Å². The molecule has 9 aromatic rings. The van der Waals surface area contributed by atoms with Crippen LogP contribution in [0.4, 0.5) is 17.2 Å². The van der Waals surface area contributed by atoms with Gasteiger partial charge in [-0.3, -0.25) is 4.72 Å². The third-order valence-electron chi connectivity index (χ3n) is 9.91. The number of carboxylic acids is 1. The maximum Gasteiger partial charge on any atom is 1.00 e. The smallest absolute Gasteiger partial charge is 0.545 e. The molecule has 0 radical (unpaired) electrons. The number of nitrogens with one attached hydrogen (secondary N) is 1. The minimum Gasteiger partial charge on any atom is -0.545 e. The second-order valence-corrected chi connectivity index (χ2v) is 21.1. The minimum absolute atomic E-state index is 0. The van der Waals surface area contributed by atoms with Gasteiger partial charge in [-0.2, -0.15) is 10.2 Å². The van der Waals surface area contributed by atoms with Crippen LogP contribution in [0.3, 0.4) is 0 Å². The zero-order chi connectivity index (χ0) is 46.0. The Balaban J connectivity index is 0.000000169. The van der Waals surface area contributed by atoms with E-state index in [-0.39, 0.29) is 33.5 Å². The molecular formula is C54H45CuN4O5P2S+2. The van der Waals surface area contributed by atoms with E-state index in [1.807, 2.05) is 0 Å². The monoisotopic (exact) mass is 986 g/mol. The van der Waals surface area contributed by atoms with Crippen LogP contribution in [0.2, 0.25) is 0 Å². The number of benzene rings is 8. The van der Waals surface area contributed by atoms with Crippen LogP contribution < -0.4 is 41.7 Å². The molecule has 0 spiro atoms. The van der Waals surface area contributed by atoms with Gasteiger partial charge in [-0.15, -0.1) is 0 Å². The van der Waals surface area contributed by atoms with Crippen molar-refractivity contribution in [2.24, 2.45) is 10.2 Å². The van der Waals surface area contributed by atoms with Crippen molar-refractivity contribution >= 4 is 80.9 Å². The summed E-state index contributed by atoms with van der Waals surface area (Å²) in [6, 6.07) is 79.1. The molecule has 2 N–H and O–H groups in total. The summed E-state index contributed by atoms with van der Waals surface area (Å²) in [7, 11) is -5.56. The number of pyridine rings is 1. The number of carboxylic acid groups (broad SMARTS) is 1. The molecule has 0 fully saturated rings. The Morgan fingerprint density at radius 2 is 0.821 bits per heavy atom. The van der Waals surface area contributed by atoms with Crippen LogP contribution in [-0.4, -0.2) is 24.5 Å². The van der Waals surface area contributed by atoms with Gasteiger partial charge in [0.2, 0.25) is 0 Å². The third kappa shape index (κ3) is 14.2. The zero-order valence-electron chi connectivity index (χ0n) is 35.8. The Bertz CT molecular complexity index is 2740. The molecule has 8 aromatic carbocycles. The Kier molecular flexibility index (Phi) is 18.4. The number of azo groups is 1. The van der Waals surface area contributed by atoms with Gasteiger partial charge in [-0.1, -0.05) is 115 Å². The third-order valence-corrected chi connectivity index (χ3v) is 16.7. The fourth-order valence-corrected chi connectivity index (χ4v) is 13.0. The average molecular weight is 988 g/mol. The quantitative estimate of drug-likeness (QED) is 0.0713. The molecule has 0 aliphatic rings. The van der Waals surface area contributed by atoms with Crippen LogP contribution in [0.1, 0.15) is 10.4 Å². The van der Waals surface area contributed by atoms with Gasteiger partial charge in [0.25, 0.3) is 10.0 Å². The Labute approximate surface area is 404 Å². The summed E-state index contributed by atoms with van der Waals surface area (Å²) in [5.74, 6) is -1.78. The number of aromatic hydroxyl groups is 1. The number of anilines is 1. The maximum atomic E-state index is 12.3. The van der Waals surface area contributed by atoms with Crippen molar-refractivity contribution in [2.75, 3.05) is 4.72 Å². The Morgan fingerprint density at radius 3 is 1.16 bits per heavy atom. The van der Waals surface area contributed by atoms with E-state index in [0.717, 1.165) is 6.07 Å². The van der Waals surface area contributed by atoms with Gasteiger partial charge in [-0.25, -0.2) is 13.4 Å². The molecule has 0 saturated heterocycles. The van der Waals surface area contributed by atoms with Gasteiger partial charge < -0.3 is 15.0 Å². The summed E-state index contributed by atoms with van der Waals surface area (Å²) in [6.45, 7) is 0. The van der Waals surface area contributed by atoms with E-state index in [0.29, 0.717) is 5.69 Å². The van der Waals surface area contributed by atoms with Crippen molar-refractivity contribution in [3.8, 4) is 5.75 Å². The largest absolute Gasteiger partial charge is 1.00 e. The average Bonchev–Trinajstić information content (AvgIpc) is 3.36. The van der Waals surface area contributed by atoms with Crippen LogP contribution in [-0.2, 0) is 27.1 Å². The summed E-state index contributed by atoms with van der Waals surface area (Å²) >= 11 is 0. The molecule has 67 heavy (non-hydrogen) atoms. The molecule has 0 unspecified atom stereocenters. The second-order valence-electron chi connectivity index (χ2n) is 14.4. The van der Waals surface area contributed by atoms with Gasteiger partial charge in [0.05, 0.1) is 38.1 Å². The number of hydrogen-bond donors (Lipinski definition) is 2. The van der Waals surface area contributed by atoms with E-state index in [1.165, 1.54) is 80.5 Å². The number of carbonyl (C=O) groups excluding carboxylic acids is 1. The number of phenols is 1. The Morgan fingerprint density at radius 1 is 0.478 bits per heavy atom. The van der Waals surface area contributed by atoms with Crippen LogP contribution in [0.25, 0.3) is 0 Å². The maximum absolute atomic E-state index is 12.3. The van der Waals surface area contributed by atoms with Crippen molar-refractivity contribution in [3.63, 3.8) is 0 Å².